The number of rotatable bonds is 4. The van der Waals surface area contributed by atoms with Crippen LogP contribution in [0.15, 0.2) is 24.3 Å². The highest BCUT2D eigenvalue weighted by molar-refractivity contribution is 5.73. The van der Waals surface area contributed by atoms with Gasteiger partial charge in [0.2, 0.25) is 0 Å². The Morgan fingerprint density at radius 2 is 1.95 bits per heavy atom. The summed E-state index contributed by atoms with van der Waals surface area (Å²) in [5.41, 5.74) is 2.16. The summed E-state index contributed by atoms with van der Waals surface area (Å²) in [7, 11) is 0. The summed E-state index contributed by atoms with van der Waals surface area (Å²) in [5.74, 6) is -0.789. The summed E-state index contributed by atoms with van der Waals surface area (Å²) < 4.78 is 0. The topological polar surface area (TPSA) is 60.8 Å². The fourth-order valence-corrected chi connectivity index (χ4v) is 2.86. The molecule has 21 heavy (non-hydrogen) atoms. The van der Waals surface area contributed by atoms with Gasteiger partial charge in [0.05, 0.1) is 6.10 Å². The number of carboxylic acid groups (broad SMARTS) is 1. The van der Waals surface area contributed by atoms with Crippen molar-refractivity contribution in [2.75, 3.05) is 13.1 Å². The van der Waals surface area contributed by atoms with Crippen LogP contribution in [0.1, 0.15) is 50.8 Å². The van der Waals surface area contributed by atoms with Gasteiger partial charge in [0.25, 0.3) is 0 Å². The first-order chi connectivity index (χ1) is 9.79. The highest BCUT2D eigenvalue weighted by Gasteiger charge is 2.31. The Balaban J connectivity index is 2.03. The molecule has 1 saturated heterocycles. The highest BCUT2D eigenvalue weighted by atomic mass is 16.4. The number of β-amino-alcohol motifs (C(OH)–C–C–N with tert-alkyl or cyclic N) is 1. The molecule has 1 fully saturated rings. The van der Waals surface area contributed by atoms with Crippen molar-refractivity contribution in [1.82, 2.24) is 4.90 Å². The van der Waals surface area contributed by atoms with Crippen LogP contribution in [-0.2, 0) is 10.2 Å². The molecule has 0 bridgehead atoms. The number of hydrogen-bond donors (Lipinski definition) is 2. The Labute approximate surface area is 126 Å². The molecule has 0 radical (unpaired) electrons. The molecule has 1 aliphatic heterocycles. The molecule has 4 heteroatoms. The van der Waals surface area contributed by atoms with Crippen LogP contribution in [0.3, 0.4) is 0 Å². The minimum atomic E-state index is -0.789. The number of likely N-dealkylation sites (tertiary alicyclic amines) is 1. The van der Waals surface area contributed by atoms with Gasteiger partial charge in [-0.3, -0.25) is 9.69 Å². The van der Waals surface area contributed by atoms with E-state index in [4.69, 9.17) is 5.11 Å². The van der Waals surface area contributed by atoms with E-state index < -0.39 is 18.1 Å². The van der Waals surface area contributed by atoms with Crippen LogP contribution < -0.4 is 0 Å². The van der Waals surface area contributed by atoms with Gasteiger partial charge in [-0.25, -0.2) is 0 Å². The Morgan fingerprint density at radius 1 is 1.33 bits per heavy atom. The molecule has 1 aromatic rings. The minimum absolute atomic E-state index is 0.0901. The summed E-state index contributed by atoms with van der Waals surface area (Å²) >= 11 is 0. The van der Waals surface area contributed by atoms with Crippen molar-refractivity contribution in [2.45, 2.75) is 51.2 Å². The van der Waals surface area contributed by atoms with Gasteiger partial charge in [0, 0.05) is 6.54 Å². The average Bonchev–Trinajstić information content (AvgIpc) is 2.86. The molecule has 2 unspecified atom stereocenters. The minimum Gasteiger partial charge on any atom is -0.480 e. The quantitative estimate of drug-likeness (QED) is 0.895. The van der Waals surface area contributed by atoms with E-state index in [1.165, 1.54) is 5.56 Å². The van der Waals surface area contributed by atoms with E-state index in [9.17, 15) is 9.90 Å². The van der Waals surface area contributed by atoms with Crippen LogP contribution in [0.5, 0.6) is 0 Å². The van der Waals surface area contributed by atoms with Crippen LogP contribution in [0.2, 0.25) is 0 Å². The predicted octanol–water partition coefficient (Wildman–Crippen LogP) is 2.57. The molecule has 2 N–H and O–H groups in total. The molecular formula is C17H25NO3. The monoisotopic (exact) mass is 291 g/mol. The summed E-state index contributed by atoms with van der Waals surface area (Å²) in [4.78, 5) is 13.0. The number of hydrogen-bond acceptors (Lipinski definition) is 3. The molecule has 0 aromatic heterocycles. The first kappa shape index (κ1) is 16.0. The number of nitrogens with zero attached hydrogens (tertiary/aromatic N) is 1. The van der Waals surface area contributed by atoms with Crippen LogP contribution in [0.25, 0.3) is 0 Å². The Bertz CT molecular complexity index is 490. The molecule has 0 spiro atoms. The summed E-state index contributed by atoms with van der Waals surface area (Å²) in [6.07, 6.45) is 0.913. The van der Waals surface area contributed by atoms with Gasteiger partial charge < -0.3 is 10.2 Å². The van der Waals surface area contributed by atoms with E-state index in [0.29, 0.717) is 13.0 Å². The maximum Gasteiger partial charge on any atom is 0.320 e. The lowest BCUT2D eigenvalue weighted by molar-refractivity contribution is -0.142. The largest absolute Gasteiger partial charge is 0.480 e. The van der Waals surface area contributed by atoms with E-state index in [0.717, 1.165) is 18.5 Å². The van der Waals surface area contributed by atoms with Crippen molar-refractivity contribution in [2.24, 2.45) is 0 Å². The van der Waals surface area contributed by atoms with Gasteiger partial charge >= 0.3 is 5.97 Å². The smallest absolute Gasteiger partial charge is 0.320 e. The third kappa shape index (κ3) is 3.83. The average molecular weight is 291 g/mol. The van der Waals surface area contributed by atoms with Crippen molar-refractivity contribution >= 4 is 5.97 Å². The van der Waals surface area contributed by atoms with Crippen LogP contribution in [0, 0.1) is 0 Å². The number of carboxylic acids is 1. The maximum absolute atomic E-state index is 11.2. The van der Waals surface area contributed by atoms with E-state index in [1.54, 1.807) is 0 Å². The second kappa shape index (κ2) is 6.16. The summed E-state index contributed by atoms with van der Waals surface area (Å²) in [6.45, 7) is 7.58. The Morgan fingerprint density at radius 3 is 2.48 bits per heavy atom. The van der Waals surface area contributed by atoms with Gasteiger partial charge in [-0.2, -0.15) is 0 Å². The Kier molecular flexibility index (Phi) is 4.69. The Hall–Kier alpha value is -1.39. The van der Waals surface area contributed by atoms with E-state index in [1.807, 2.05) is 29.2 Å². The molecule has 1 aromatic carbocycles. The standard InChI is InChI=1S/C17H25NO3/c1-17(2,3)13-8-6-12(7-9-13)15(19)11-18-10-4-5-14(18)16(20)21/h6-9,14-15,19H,4-5,10-11H2,1-3H3,(H,20,21). The maximum atomic E-state index is 11.2. The van der Waals surface area contributed by atoms with Gasteiger partial charge in [-0.1, -0.05) is 45.0 Å². The van der Waals surface area contributed by atoms with Gasteiger partial charge in [-0.15, -0.1) is 0 Å². The molecule has 0 aliphatic carbocycles. The molecule has 2 rings (SSSR count). The number of aliphatic carboxylic acids is 1. The highest BCUT2D eigenvalue weighted by Crippen LogP contribution is 2.26. The zero-order valence-electron chi connectivity index (χ0n) is 13.0. The third-order valence-electron chi connectivity index (χ3n) is 4.22. The second-order valence-electron chi connectivity index (χ2n) is 6.88. The van der Waals surface area contributed by atoms with E-state index in [-0.39, 0.29) is 5.41 Å². The fourth-order valence-electron chi connectivity index (χ4n) is 2.86. The third-order valence-corrected chi connectivity index (χ3v) is 4.22. The first-order valence-electron chi connectivity index (χ1n) is 7.54. The second-order valence-corrected chi connectivity index (χ2v) is 6.88. The molecule has 116 valence electrons. The molecule has 1 heterocycles. The summed E-state index contributed by atoms with van der Waals surface area (Å²) in [5, 5.41) is 19.5. The van der Waals surface area contributed by atoms with Gasteiger partial charge in [0.15, 0.2) is 0 Å². The number of benzene rings is 1. The van der Waals surface area contributed by atoms with Crippen LogP contribution in [0.4, 0.5) is 0 Å². The van der Waals surface area contributed by atoms with Crippen molar-refractivity contribution in [3.05, 3.63) is 35.4 Å². The lowest BCUT2D eigenvalue weighted by Crippen LogP contribution is -2.38. The van der Waals surface area contributed by atoms with Crippen LogP contribution in [-0.4, -0.2) is 40.2 Å². The summed E-state index contributed by atoms with van der Waals surface area (Å²) in [6, 6.07) is 7.51. The number of carbonyl (C=O) groups is 1. The first-order valence-corrected chi connectivity index (χ1v) is 7.54. The molecule has 2 atom stereocenters. The van der Waals surface area contributed by atoms with Crippen LogP contribution >= 0.6 is 0 Å². The SMILES string of the molecule is CC(C)(C)c1ccc(C(O)CN2CCCC2C(=O)O)cc1. The molecule has 1 aliphatic rings. The fraction of sp³-hybridized carbons (Fsp3) is 0.588. The molecule has 0 amide bonds. The normalized spacial score (nSPS) is 21.4. The predicted molar refractivity (Wildman–Crippen MR) is 82.3 cm³/mol. The van der Waals surface area contributed by atoms with Gasteiger partial charge in [0.1, 0.15) is 6.04 Å². The number of aliphatic hydroxyl groups excluding tert-OH is 1. The van der Waals surface area contributed by atoms with Crippen molar-refractivity contribution in [3.63, 3.8) is 0 Å². The van der Waals surface area contributed by atoms with Crippen molar-refractivity contribution < 1.29 is 15.0 Å². The van der Waals surface area contributed by atoms with Crippen molar-refractivity contribution in [1.29, 1.82) is 0 Å². The molecule has 4 nitrogen and oxygen atoms in total. The lowest BCUT2D eigenvalue weighted by Gasteiger charge is -2.25. The van der Waals surface area contributed by atoms with Gasteiger partial charge in [-0.05, 0) is 35.9 Å². The van der Waals surface area contributed by atoms with E-state index >= 15 is 0 Å². The number of aliphatic hydroxyl groups is 1. The molecular weight excluding hydrogens is 266 g/mol. The lowest BCUT2D eigenvalue weighted by atomic mass is 9.86. The van der Waals surface area contributed by atoms with E-state index in [2.05, 4.69) is 20.8 Å². The zero-order valence-corrected chi connectivity index (χ0v) is 13.0. The zero-order chi connectivity index (χ0) is 15.6. The van der Waals surface area contributed by atoms with Crippen molar-refractivity contribution in [3.8, 4) is 0 Å². The molecule has 0 saturated carbocycles.